The first-order valence-corrected chi connectivity index (χ1v) is 11.4. The molecule has 0 saturated heterocycles. The lowest BCUT2D eigenvalue weighted by molar-refractivity contribution is 0.0616. The Morgan fingerprint density at radius 3 is 2.39 bits per heavy atom. The van der Waals surface area contributed by atoms with E-state index in [2.05, 4.69) is 26.0 Å². The monoisotopic (exact) mass is 548 g/mol. The molecule has 0 radical (unpaired) electrons. The summed E-state index contributed by atoms with van der Waals surface area (Å²) >= 11 is 3.37. The van der Waals surface area contributed by atoms with Gasteiger partial charge in [-0.2, -0.15) is 10.1 Å². The Morgan fingerprint density at radius 1 is 0.944 bits per heavy atom. The van der Waals surface area contributed by atoms with Gasteiger partial charge in [-0.3, -0.25) is 19.4 Å². The predicted molar refractivity (Wildman–Crippen MR) is 135 cm³/mol. The standard InChI is InChI=1S/C25H17BrN4O6/c1-11-6-18(26)19(7-12(11)2)29-22(33)17(21(32)28-25(29)36)10-27-30-23(34)15-5-3-4-13-8-14(31)9-16(20(13)15)24(30)35/h3-10,31,33H,1-2H3,(H,28,32,36)/b27-10+. The Hall–Kier alpha value is -4.51. The third-order valence-corrected chi connectivity index (χ3v) is 6.67. The minimum Gasteiger partial charge on any atom is -0.508 e. The number of phenolic OH excluding ortho intramolecular Hbond substituents is 1. The van der Waals surface area contributed by atoms with E-state index in [1.807, 2.05) is 13.8 Å². The van der Waals surface area contributed by atoms with Crippen LogP contribution < -0.4 is 11.2 Å². The van der Waals surface area contributed by atoms with Crippen molar-refractivity contribution in [2.45, 2.75) is 13.8 Å². The molecule has 10 nitrogen and oxygen atoms in total. The first-order valence-electron chi connectivity index (χ1n) is 10.6. The molecular weight excluding hydrogens is 532 g/mol. The van der Waals surface area contributed by atoms with E-state index in [1.165, 1.54) is 18.2 Å². The molecule has 2 heterocycles. The minimum atomic E-state index is -0.963. The molecule has 36 heavy (non-hydrogen) atoms. The first-order chi connectivity index (χ1) is 17.1. The molecule has 0 fully saturated rings. The molecule has 3 aromatic carbocycles. The second kappa shape index (κ2) is 8.31. The van der Waals surface area contributed by atoms with E-state index in [9.17, 15) is 29.4 Å². The van der Waals surface area contributed by atoms with Gasteiger partial charge < -0.3 is 10.2 Å². The zero-order valence-corrected chi connectivity index (χ0v) is 20.5. The van der Waals surface area contributed by atoms with Crippen molar-refractivity contribution in [2.75, 3.05) is 0 Å². The second-order valence-electron chi connectivity index (χ2n) is 8.28. The number of rotatable bonds is 3. The maximum Gasteiger partial charge on any atom is 0.335 e. The summed E-state index contributed by atoms with van der Waals surface area (Å²) in [4.78, 5) is 53.4. The molecule has 1 aliphatic rings. The summed E-state index contributed by atoms with van der Waals surface area (Å²) in [5, 5.41) is 26.2. The number of amides is 2. The van der Waals surface area contributed by atoms with Crippen LogP contribution in [-0.2, 0) is 0 Å². The van der Waals surface area contributed by atoms with Crippen molar-refractivity contribution in [2.24, 2.45) is 5.10 Å². The quantitative estimate of drug-likeness (QED) is 0.265. The molecule has 0 saturated carbocycles. The van der Waals surface area contributed by atoms with Gasteiger partial charge in [-0.1, -0.05) is 12.1 Å². The summed E-state index contributed by atoms with van der Waals surface area (Å²) < 4.78 is 1.37. The zero-order chi connectivity index (χ0) is 25.9. The van der Waals surface area contributed by atoms with Crippen LogP contribution in [-0.4, -0.2) is 42.8 Å². The van der Waals surface area contributed by atoms with Gasteiger partial charge in [-0.15, -0.1) is 0 Å². The third kappa shape index (κ3) is 3.52. The number of aromatic hydroxyl groups is 2. The molecule has 0 unspecified atom stereocenters. The molecule has 0 aliphatic carbocycles. The van der Waals surface area contributed by atoms with E-state index in [4.69, 9.17) is 0 Å². The average Bonchev–Trinajstić information content (AvgIpc) is 2.81. The molecule has 3 N–H and O–H groups in total. The maximum absolute atomic E-state index is 13.1. The highest BCUT2D eigenvalue weighted by Crippen LogP contribution is 2.33. The van der Waals surface area contributed by atoms with Gasteiger partial charge in [-0.25, -0.2) is 9.36 Å². The largest absolute Gasteiger partial charge is 0.508 e. The lowest BCUT2D eigenvalue weighted by Crippen LogP contribution is -2.37. The van der Waals surface area contributed by atoms with E-state index in [1.54, 1.807) is 24.3 Å². The van der Waals surface area contributed by atoms with Crippen LogP contribution in [0.25, 0.3) is 16.5 Å². The minimum absolute atomic E-state index is 0.0551. The van der Waals surface area contributed by atoms with Crippen LogP contribution in [0.1, 0.15) is 37.4 Å². The van der Waals surface area contributed by atoms with E-state index in [0.717, 1.165) is 21.9 Å². The van der Waals surface area contributed by atoms with E-state index >= 15 is 0 Å². The van der Waals surface area contributed by atoms with Crippen molar-refractivity contribution in [3.63, 3.8) is 0 Å². The molecule has 0 atom stereocenters. The molecule has 2 amide bonds. The van der Waals surface area contributed by atoms with Crippen LogP contribution in [0.15, 0.2) is 61.6 Å². The van der Waals surface area contributed by atoms with Crippen LogP contribution >= 0.6 is 15.9 Å². The summed E-state index contributed by atoms with van der Waals surface area (Å²) in [6.45, 7) is 3.70. The smallest absolute Gasteiger partial charge is 0.335 e. The fraction of sp³-hybridized carbons (Fsp3) is 0.0800. The number of imide groups is 1. The van der Waals surface area contributed by atoms with Gasteiger partial charge in [0.1, 0.15) is 11.3 Å². The summed E-state index contributed by atoms with van der Waals surface area (Å²) in [6.07, 6.45) is 0.836. The summed E-state index contributed by atoms with van der Waals surface area (Å²) in [5.74, 6) is -2.46. The Balaban J connectivity index is 1.63. The third-order valence-electron chi connectivity index (χ3n) is 6.03. The summed E-state index contributed by atoms with van der Waals surface area (Å²) in [7, 11) is 0. The lowest BCUT2D eigenvalue weighted by atomic mass is 9.94. The fourth-order valence-electron chi connectivity index (χ4n) is 4.12. The highest BCUT2D eigenvalue weighted by molar-refractivity contribution is 9.10. The number of nitrogens with zero attached hydrogens (tertiary/aromatic N) is 3. The number of hydrogen-bond acceptors (Lipinski definition) is 7. The van der Waals surface area contributed by atoms with Crippen LogP contribution in [0, 0.1) is 13.8 Å². The van der Waals surface area contributed by atoms with Crippen molar-refractivity contribution in [1.29, 1.82) is 0 Å². The maximum atomic E-state index is 13.1. The number of carbonyl (C=O) groups is 2. The second-order valence-corrected chi connectivity index (χ2v) is 9.14. The van der Waals surface area contributed by atoms with Crippen molar-refractivity contribution >= 4 is 44.7 Å². The molecule has 1 aromatic heterocycles. The number of aryl methyl sites for hydroxylation is 2. The van der Waals surface area contributed by atoms with Crippen molar-refractivity contribution in [3.8, 4) is 17.3 Å². The first kappa shape index (κ1) is 23.2. The number of carbonyl (C=O) groups excluding carboxylic acids is 2. The molecule has 1 aliphatic heterocycles. The van der Waals surface area contributed by atoms with E-state index < -0.39 is 34.5 Å². The Morgan fingerprint density at radius 2 is 1.64 bits per heavy atom. The average molecular weight is 549 g/mol. The van der Waals surface area contributed by atoms with Crippen LogP contribution in [0.4, 0.5) is 0 Å². The summed E-state index contributed by atoms with van der Waals surface area (Å²) in [6, 6.07) is 10.9. The van der Waals surface area contributed by atoms with Gasteiger partial charge in [0.15, 0.2) is 0 Å². The Bertz CT molecular complexity index is 1790. The van der Waals surface area contributed by atoms with Crippen LogP contribution in [0.5, 0.6) is 11.6 Å². The van der Waals surface area contributed by atoms with Crippen LogP contribution in [0.2, 0.25) is 0 Å². The van der Waals surface area contributed by atoms with Gasteiger partial charge in [0.2, 0.25) is 5.88 Å². The lowest BCUT2D eigenvalue weighted by Gasteiger charge is -2.23. The van der Waals surface area contributed by atoms with Crippen molar-refractivity contribution in [3.05, 3.63) is 95.6 Å². The van der Waals surface area contributed by atoms with Gasteiger partial charge in [0, 0.05) is 9.86 Å². The number of benzene rings is 3. The topological polar surface area (TPSA) is 145 Å². The van der Waals surface area contributed by atoms with Crippen molar-refractivity contribution in [1.82, 2.24) is 14.6 Å². The number of H-pyrrole nitrogens is 1. The number of aromatic nitrogens is 2. The molecule has 4 aromatic rings. The number of hydrazone groups is 1. The number of nitrogens with one attached hydrogen (secondary N) is 1. The molecule has 5 rings (SSSR count). The predicted octanol–water partition coefficient (Wildman–Crippen LogP) is 3.10. The normalized spacial score (nSPS) is 13.2. The molecule has 11 heteroatoms. The Kier molecular flexibility index (Phi) is 5.36. The van der Waals surface area contributed by atoms with Crippen LogP contribution in [0.3, 0.4) is 0 Å². The molecule has 180 valence electrons. The molecule has 0 spiro atoms. The van der Waals surface area contributed by atoms with E-state index in [-0.39, 0.29) is 22.6 Å². The number of halogens is 1. The fourth-order valence-corrected chi connectivity index (χ4v) is 4.75. The van der Waals surface area contributed by atoms with Gasteiger partial charge in [0.25, 0.3) is 17.4 Å². The number of phenols is 1. The molecule has 0 bridgehead atoms. The van der Waals surface area contributed by atoms with Gasteiger partial charge in [0.05, 0.1) is 23.0 Å². The van der Waals surface area contributed by atoms with Gasteiger partial charge in [-0.05, 0) is 76.6 Å². The number of aromatic amines is 1. The number of hydrogen-bond donors (Lipinski definition) is 3. The SMILES string of the molecule is Cc1cc(Br)c(-n2c(O)c(/C=N/N3C(=O)c4cccc5cc(O)cc(c45)C3=O)c(=O)[nH]c2=O)cc1C. The van der Waals surface area contributed by atoms with Gasteiger partial charge >= 0.3 is 5.69 Å². The highest BCUT2D eigenvalue weighted by Gasteiger charge is 2.33. The Labute approximate surface area is 210 Å². The van der Waals surface area contributed by atoms with E-state index in [0.29, 0.717) is 20.3 Å². The zero-order valence-electron chi connectivity index (χ0n) is 18.9. The van der Waals surface area contributed by atoms with Crippen molar-refractivity contribution < 1.29 is 19.8 Å². The highest BCUT2D eigenvalue weighted by atomic mass is 79.9. The summed E-state index contributed by atoms with van der Waals surface area (Å²) in [5.41, 5.74) is -0.0162. The molecular formula is C25H17BrN4O6.